The van der Waals surface area contributed by atoms with Gasteiger partial charge in [0.25, 0.3) is 0 Å². The topological polar surface area (TPSA) is 35.2 Å². The van der Waals surface area contributed by atoms with Crippen molar-refractivity contribution < 1.29 is 4.74 Å². The van der Waals surface area contributed by atoms with Crippen LogP contribution in [0.2, 0.25) is 0 Å². The Morgan fingerprint density at radius 2 is 1.93 bits per heavy atom. The SMILES string of the molecule is Cc1cc(C)c2c(c1N)OC(C)(C)C2. The lowest BCUT2D eigenvalue weighted by molar-refractivity contribution is 0.139. The average molecular weight is 191 g/mol. The Kier molecular flexibility index (Phi) is 1.78. The van der Waals surface area contributed by atoms with E-state index >= 15 is 0 Å². The summed E-state index contributed by atoms with van der Waals surface area (Å²) < 4.78 is 5.86. The van der Waals surface area contributed by atoms with Gasteiger partial charge in [0.05, 0.1) is 5.69 Å². The summed E-state index contributed by atoms with van der Waals surface area (Å²) in [4.78, 5) is 0. The van der Waals surface area contributed by atoms with E-state index in [9.17, 15) is 0 Å². The zero-order chi connectivity index (χ0) is 10.5. The van der Waals surface area contributed by atoms with Crippen LogP contribution in [-0.2, 0) is 6.42 Å². The zero-order valence-electron chi connectivity index (χ0n) is 9.27. The van der Waals surface area contributed by atoms with Crippen LogP contribution in [0.1, 0.15) is 30.5 Å². The van der Waals surface area contributed by atoms with E-state index in [1.807, 2.05) is 6.92 Å². The van der Waals surface area contributed by atoms with E-state index in [0.717, 1.165) is 23.4 Å². The largest absolute Gasteiger partial charge is 0.485 e. The number of nitrogens with two attached hydrogens (primary N) is 1. The molecular formula is C12H17NO. The number of hydrogen-bond acceptors (Lipinski definition) is 2. The van der Waals surface area contributed by atoms with Crippen molar-refractivity contribution in [1.82, 2.24) is 0 Å². The fourth-order valence-electron chi connectivity index (χ4n) is 2.08. The van der Waals surface area contributed by atoms with E-state index in [1.54, 1.807) is 0 Å². The van der Waals surface area contributed by atoms with Crippen molar-refractivity contribution in [1.29, 1.82) is 0 Å². The van der Waals surface area contributed by atoms with Gasteiger partial charge in [0.2, 0.25) is 0 Å². The standard InChI is InChI=1S/C12H17NO/c1-7-5-8(2)10(13)11-9(7)6-12(3,4)14-11/h5H,6,13H2,1-4H3. The highest BCUT2D eigenvalue weighted by Crippen LogP contribution is 2.42. The molecule has 2 rings (SSSR count). The van der Waals surface area contributed by atoms with Crippen LogP contribution in [-0.4, -0.2) is 5.60 Å². The van der Waals surface area contributed by atoms with Gasteiger partial charge in [-0.05, 0) is 38.8 Å². The molecule has 0 radical (unpaired) electrons. The molecule has 2 nitrogen and oxygen atoms in total. The Hall–Kier alpha value is -1.18. The molecular weight excluding hydrogens is 174 g/mol. The molecule has 0 fully saturated rings. The highest BCUT2D eigenvalue weighted by atomic mass is 16.5. The number of rotatable bonds is 0. The Bertz CT molecular complexity index is 394. The summed E-state index contributed by atoms with van der Waals surface area (Å²) in [6, 6.07) is 2.14. The minimum atomic E-state index is -0.102. The Labute approximate surface area is 85.1 Å². The molecule has 14 heavy (non-hydrogen) atoms. The second-order valence-corrected chi connectivity index (χ2v) is 4.77. The van der Waals surface area contributed by atoms with Gasteiger partial charge in [-0.3, -0.25) is 0 Å². The quantitative estimate of drug-likeness (QED) is 0.640. The molecule has 0 saturated heterocycles. The molecule has 0 bridgehead atoms. The molecule has 1 aliphatic heterocycles. The summed E-state index contributed by atoms with van der Waals surface area (Å²) in [5.41, 5.74) is 10.4. The fourth-order valence-corrected chi connectivity index (χ4v) is 2.08. The van der Waals surface area contributed by atoms with Crippen LogP contribution < -0.4 is 10.5 Å². The molecule has 1 aliphatic rings. The summed E-state index contributed by atoms with van der Waals surface area (Å²) in [6.07, 6.45) is 0.957. The molecule has 0 aliphatic carbocycles. The third kappa shape index (κ3) is 1.26. The molecule has 0 spiro atoms. The van der Waals surface area contributed by atoms with Crippen LogP contribution >= 0.6 is 0 Å². The number of aryl methyl sites for hydroxylation is 2. The third-order valence-corrected chi connectivity index (χ3v) is 2.83. The smallest absolute Gasteiger partial charge is 0.146 e. The maximum atomic E-state index is 6.00. The summed E-state index contributed by atoms with van der Waals surface area (Å²) in [6.45, 7) is 8.34. The minimum Gasteiger partial charge on any atom is -0.485 e. The van der Waals surface area contributed by atoms with Crippen molar-refractivity contribution >= 4 is 5.69 Å². The van der Waals surface area contributed by atoms with Gasteiger partial charge < -0.3 is 10.5 Å². The van der Waals surface area contributed by atoms with Crippen molar-refractivity contribution in [3.8, 4) is 5.75 Å². The molecule has 0 amide bonds. The molecule has 76 valence electrons. The van der Waals surface area contributed by atoms with E-state index in [0.29, 0.717) is 0 Å². The van der Waals surface area contributed by atoms with Crippen molar-refractivity contribution in [3.63, 3.8) is 0 Å². The Morgan fingerprint density at radius 1 is 1.29 bits per heavy atom. The molecule has 0 unspecified atom stereocenters. The monoisotopic (exact) mass is 191 g/mol. The highest BCUT2D eigenvalue weighted by Gasteiger charge is 2.33. The average Bonchev–Trinajstić information content (AvgIpc) is 2.38. The summed E-state index contributed by atoms with van der Waals surface area (Å²) in [5, 5.41) is 0. The third-order valence-electron chi connectivity index (χ3n) is 2.83. The summed E-state index contributed by atoms with van der Waals surface area (Å²) >= 11 is 0. The van der Waals surface area contributed by atoms with Crippen molar-refractivity contribution in [2.75, 3.05) is 5.73 Å². The van der Waals surface area contributed by atoms with Gasteiger partial charge in [0.15, 0.2) is 0 Å². The van der Waals surface area contributed by atoms with E-state index in [-0.39, 0.29) is 5.60 Å². The van der Waals surface area contributed by atoms with Crippen LogP contribution in [0.3, 0.4) is 0 Å². The predicted octanol–water partition coefficient (Wildman–Crippen LogP) is 2.60. The van der Waals surface area contributed by atoms with E-state index in [1.165, 1.54) is 11.1 Å². The molecule has 0 saturated carbocycles. The predicted molar refractivity (Wildman–Crippen MR) is 58.7 cm³/mol. The Morgan fingerprint density at radius 3 is 2.57 bits per heavy atom. The number of nitrogen functional groups attached to an aromatic ring is 1. The van der Waals surface area contributed by atoms with Crippen LogP contribution in [0.5, 0.6) is 5.75 Å². The van der Waals surface area contributed by atoms with E-state index in [2.05, 4.69) is 26.8 Å². The van der Waals surface area contributed by atoms with Gasteiger partial charge in [-0.15, -0.1) is 0 Å². The summed E-state index contributed by atoms with van der Waals surface area (Å²) in [5.74, 6) is 0.910. The minimum absolute atomic E-state index is 0.102. The molecule has 2 N–H and O–H groups in total. The van der Waals surface area contributed by atoms with Gasteiger partial charge >= 0.3 is 0 Å². The molecule has 1 aromatic rings. The first-order valence-corrected chi connectivity index (χ1v) is 4.98. The lowest BCUT2D eigenvalue weighted by atomic mass is 9.96. The summed E-state index contributed by atoms with van der Waals surface area (Å²) in [7, 11) is 0. The zero-order valence-corrected chi connectivity index (χ0v) is 9.27. The molecule has 2 heteroatoms. The second kappa shape index (κ2) is 2.66. The second-order valence-electron chi connectivity index (χ2n) is 4.77. The number of benzene rings is 1. The van der Waals surface area contributed by atoms with E-state index < -0.39 is 0 Å². The number of anilines is 1. The maximum absolute atomic E-state index is 6.00. The van der Waals surface area contributed by atoms with Gasteiger partial charge in [-0.1, -0.05) is 6.07 Å². The highest BCUT2D eigenvalue weighted by molar-refractivity contribution is 5.65. The molecule has 1 heterocycles. The van der Waals surface area contributed by atoms with Gasteiger partial charge in [0.1, 0.15) is 11.4 Å². The fraction of sp³-hybridized carbons (Fsp3) is 0.500. The first kappa shape index (κ1) is 9.38. The Balaban J connectivity index is 2.61. The van der Waals surface area contributed by atoms with Crippen LogP contribution in [0.4, 0.5) is 5.69 Å². The maximum Gasteiger partial charge on any atom is 0.146 e. The van der Waals surface area contributed by atoms with Gasteiger partial charge in [-0.25, -0.2) is 0 Å². The number of ether oxygens (including phenoxy) is 1. The van der Waals surface area contributed by atoms with Gasteiger partial charge in [-0.2, -0.15) is 0 Å². The van der Waals surface area contributed by atoms with Crippen LogP contribution in [0.25, 0.3) is 0 Å². The van der Waals surface area contributed by atoms with E-state index in [4.69, 9.17) is 10.5 Å². The van der Waals surface area contributed by atoms with Crippen LogP contribution in [0, 0.1) is 13.8 Å². The van der Waals surface area contributed by atoms with Crippen molar-refractivity contribution in [2.45, 2.75) is 39.7 Å². The van der Waals surface area contributed by atoms with Gasteiger partial charge in [0, 0.05) is 12.0 Å². The number of fused-ring (bicyclic) bond motifs is 1. The lowest BCUT2D eigenvalue weighted by Gasteiger charge is -2.17. The normalized spacial score (nSPS) is 17.7. The molecule has 0 aromatic heterocycles. The van der Waals surface area contributed by atoms with Crippen LogP contribution in [0.15, 0.2) is 6.07 Å². The number of hydrogen-bond donors (Lipinski definition) is 1. The molecule has 0 atom stereocenters. The van der Waals surface area contributed by atoms with Crippen molar-refractivity contribution in [3.05, 3.63) is 22.8 Å². The lowest BCUT2D eigenvalue weighted by Crippen LogP contribution is -2.25. The first-order valence-electron chi connectivity index (χ1n) is 4.98. The molecule has 1 aromatic carbocycles. The van der Waals surface area contributed by atoms with Crippen molar-refractivity contribution in [2.24, 2.45) is 0 Å². The first-order chi connectivity index (χ1) is 6.41.